The molecule has 0 aliphatic carbocycles. The molecule has 0 aliphatic rings. The standard InChI is InChI=1S/C20H16N6O3/c1-24-10-9-21-20(24)19(27)14-7-8-17(18(11-14)26(28)29)23-15-12-22-25(13-15)16-5-3-2-4-6-16/h2-13,23H,1H3. The van der Waals surface area contributed by atoms with Gasteiger partial charge in [-0.25, -0.2) is 9.67 Å². The van der Waals surface area contributed by atoms with Crippen molar-refractivity contribution >= 4 is 22.8 Å². The minimum Gasteiger partial charge on any atom is -0.347 e. The van der Waals surface area contributed by atoms with Crippen LogP contribution >= 0.6 is 0 Å². The van der Waals surface area contributed by atoms with Crippen LogP contribution < -0.4 is 5.32 Å². The molecule has 1 N–H and O–H groups in total. The zero-order valence-corrected chi connectivity index (χ0v) is 15.4. The first kappa shape index (κ1) is 18.1. The fourth-order valence-electron chi connectivity index (χ4n) is 2.91. The number of hydrogen-bond donors (Lipinski definition) is 1. The van der Waals surface area contributed by atoms with Crippen LogP contribution in [-0.4, -0.2) is 30.0 Å². The number of nitro groups is 1. The minimum atomic E-state index is -0.529. The summed E-state index contributed by atoms with van der Waals surface area (Å²) in [6.45, 7) is 0. The van der Waals surface area contributed by atoms with Crippen molar-refractivity contribution in [2.75, 3.05) is 5.32 Å². The predicted octanol–water partition coefficient (Wildman–Crippen LogP) is 3.49. The van der Waals surface area contributed by atoms with Gasteiger partial charge in [-0.05, 0) is 24.3 Å². The summed E-state index contributed by atoms with van der Waals surface area (Å²) >= 11 is 0. The Morgan fingerprint density at radius 3 is 2.66 bits per heavy atom. The van der Waals surface area contributed by atoms with Gasteiger partial charge in [0.15, 0.2) is 5.82 Å². The summed E-state index contributed by atoms with van der Waals surface area (Å²) in [6, 6.07) is 13.8. The Hall–Kier alpha value is -4.27. The van der Waals surface area contributed by atoms with Gasteiger partial charge in [-0.2, -0.15) is 5.10 Å². The number of imidazole rings is 1. The number of aromatic nitrogens is 4. The fourth-order valence-corrected chi connectivity index (χ4v) is 2.91. The van der Waals surface area contributed by atoms with Crippen molar-refractivity contribution in [3.63, 3.8) is 0 Å². The Balaban J connectivity index is 1.63. The van der Waals surface area contributed by atoms with Gasteiger partial charge in [0, 0.05) is 31.1 Å². The van der Waals surface area contributed by atoms with Gasteiger partial charge in [0.05, 0.1) is 28.7 Å². The van der Waals surface area contributed by atoms with E-state index >= 15 is 0 Å². The molecular formula is C20H16N6O3. The van der Waals surface area contributed by atoms with Crippen LogP contribution in [0.1, 0.15) is 16.2 Å². The third-order valence-corrected chi connectivity index (χ3v) is 4.36. The zero-order valence-electron chi connectivity index (χ0n) is 15.4. The Bertz CT molecular complexity index is 1200. The summed E-state index contributed by atoms with van der Waals surface area (Å²) in [7, 11) is 1.69. The first-order valence-electron chi connectivity index (χ1n) is 8.70. The van der Waals surface area contributed by atoms with E-state index in [1.165, 1.54) is 24.4 Å². The van der Waals surface area contributed by atoms with Crippen LogP contribution in [0.15, 0.2) is 73.3 Å². The monoisotopic (exact) mass is 388 g/mol. The topological polar surface area (TPSA) is 108 Å². The number of ketones is 1. The van der Waals surface area contributed by atoms with Crippen LogP contribution in [0.5, 0.6) is 0 Å². The molecule has 0 fully saturated rings. The molecule has 0 unspecified atom stereocenters. The van der Waals surface area contributed by atoms with E-state index < -0.39 is 4.92 Å². The second kappa shape index (κ2) is 7.39. The van der Waals surface area contributed by atoms with E-state index in [9.17, 15) is 14.9 Å². The zero-order chi connectivity index (χ0) is 20.4. The second-order valence-electron chi connectivity index (χ2n) is 6.31. The molecule has 9 heteroatoms. The van der Waals surface area contributed by atoms with Gasteiger partial charge in [-0.15, -0.1) is 0 Å². The molecule has 0 saturated carbocycles. The van der Waals surface area contributed by atoms with Gasteiger partial charge in [-0.1, -0.05) is 18.2 Å². The first-order chi connectivity index (χ1) is 14.0. The lowest BCUT2D eigenvalue weighted by Crippen LogP contribution is -2.09. The van der Waals surface area contributed by atoms with Crippen LogP contribution in [0.3, 0.4) is 0 Å². The molecule has 0 atom stereocenters. The van der Waals surface area contributed by atoms with E-state index in [-0.39, 0.29) is 28.5 Å². The van der Waals surface area contributed by atoms with Crippen LogP contribution in [0.2, 0.25) is 0 Å². The quantitative estimate of drug-likeness (QED) is 0.308. The maximum Gasteiger partial charge on any atom is 0.293 e. The molecule has 29 heavy (non-hydrogen) atoms. The van der Waals surface area contributed by atoms with E-state index in [1.54, 1.807) is 34.9 Å². The van der Waals surface area contributed by atoms with E-state index in [0.717, 1.165) is 5.69 Å². The van der Waals surface area contributed by atoms with E-state index in [2.05, 4.69) is 15.4 Å². The summed E-state index contributed by atoms with van der Waals surface area (Å²) in [6.07, 6.45) is 6.44. The van der Waals surface area contributed by atoms with Gasteiger partial charge >= 0.3 is 0 Å². The van der Waals surface area contributed by atoms with Crippen molar-refractivity contribution in [2.45, 2.75) is 0 Å². The second-order valence-corrected chi connectivity index (χ2v) is 6.31. The van der Waals surface area contributed by atoms with Gasteiger partial charge in [-0.3, -0.25) is 14.9 Å². The lowest BCUT2D eigenvalue weighted by Gasteiger charge is -2.07. The normalized spacial score (nSPS) is 10.7. The molecule has 0 saturated heterocycles. The molecule has 2 aromatic heterocycles. The van der Waals surface area contributed by atoms with Crippen LogP contribution in [0, 0.1) is 10.1 Å². The maximum absolute atomic E-state index is 12.6. The molecule has 0 radical (unpaired) electrons. The largest absolute Gasteiger partial charge is 0.347 e. The smallest absolute Gasteiger partial charge is 0.293 e. The highest BCUT2D eigenvalue weighted by Crippen LogP contribution is 2.29. The minimum absolute atomic E-state index is 0.191. The highest BCUT2D eigenvalue weighted by Gasteiger charge is 2.21. The maximum atomic E-state index is 12.6. The molecule has 4 aromatic rings. The van der Waals surface area contributed by atoms with E-state index in [4.69, 9.17) is 0 Å². The fraction of sp³-hybridized carbons (Fsp3) is 0.0500. The Morgan fingerprint density at radius 1 is 1.17 bits per heavy atom. The summed E-state index contributed by atoms with van der Waals surface area (Å²) in [5.41, 5.74) is 1.69. The summed E-state index contributed by atoms with van der Waals surface area (Å²) in [4.78, 5) is 27.6. The van der Waals surface area contributed by atoms with Crippen molar-refractivity contribution in [1.82, 2.24) is 19.3 Å². The summed E-state index contributed by atoms with van der Waals surface area (Å²) in [5.74, 6) is -0.173. The third-order valence-electron chi connectivity index (χ3n) is 4.36. The number of nitrogens with zero attached hydrogens (tertiary/aromatic N) is 5. The molecular weight excluding hydrogens is 372 g/mol. The van der Waals surface area contributed by atoms with Crippen molar-refractivity contribution in [3.05, 3.63) is 94.8 Å². The van der Waals surface area contributed by atoms with Crippen molar-refractivity contribution in [3.8, 4) is 5.69 Å². The number of carbonyl (C=O) groups is 1. The number of para-hydroxylation sites is 1. The molecule has 4 rings (SSSR count). The number of carbonyl (C=O) groups excluding carboxylic acids is 1. The van der Waals surface area contributed by atoms with Crippen molar-refractivity contribution < 1.29 is 9.72 Å². The number of aryl methyl sites for hydroxylation is 1. The van der Waals surface area contributed by atoms with Crippen LogP contribution in [0.25, 0.3) is 5.69 Å². The SMILES string of the molecule is Cn1ccnc1C(=O)c1ccc(Nc2cnn(-c3ccccc3)c2)c([N+](=O)[O-])c1. The van der Waals surface area contributed by atoms with Crippen molar-refractivity contribution in [2.24, 2.45) is 7.05 Å². The van der Waals surface area contributed by atoms with E-state index in [1.807, 2.05) is 30.3 Å². The van der Waals surface area contributed by atoms with Gasteiger partial charge in [0.25, 0.3) is 5.69 Å². The number of anilines is 2. The Morgan fingerprint density at radius 2 is 1.97 bits per heavy atom. The highest BCUT2D eigenvalue weighted by molar-refractivity contribution is 6.07. The van der Waals surface area contributed by atoms with Gasteiger partial charge in [0.2, 0.25) is 5.78 Å². The predicted molar refractivity (Wildman–Crippen MR) is 107 cm³/mol. The summed E-state index contributed by atoms with van der Waals surface area (Å²) in [5, 5.41) is 18.8. The molecule has 0 bridgehead atoms. The molecule has 9 nitrogen and oxygen atoms in total. The highest BCUT2D eigenvalue weighted by atomic mass is 16.6. The van der Waals surface area contributed by atoms with Crippen LogP contribution in [-0.2, 0) is 7.05 Å². The number of rotatable bonds is 6. The average molecular weight is 388 g/mol. The number of nitrogens with one attached hydrogen (secondary N) is 1. The molecule has 2 aromatic carbocycles. The first-order valence-corrected chi connectivity index (χ1v) is 8.70. The third kappa shape index (κ3) is 3.61. The average Bonchev–Trinajstić information content (AvgIpc) is 3.37. The van der Waals surface area contributed by atoms with E-state index in [0.29, 0.717) is 5.69 Å². The number of hydrogen-bond acceptors (Lipinski definition) is 6. The lowest BCUT2D eigenvalue weighted by molar-refractivity contribution is -0.383. The lowest BCUT2D eigenvalue weighted by atomic mass is 10.1. The van der Waals surface area contributed by atoms with Crippen molar-refractivity contribution in [1.29, 1.82) is 0 Å². The summed E-state index contributed by atoms with van der Waals surface area (Å²) < 4.78 is 3.23. The van der Waals surface area contributed by atoms with Gasteiger partial charge < -0.3 is 9.88 Å². The van der Waals surface area contributed by atoms with Gasteiger partial charge in [0.1, 0.15) is 5.69 Å². The molecule has 0 amide bonds. The Labute approximate surface area is 165 Å². The Kier molecular flexibility index (Phi) is 4.62. The number of nitro benzene ring substituents is 1. The molecule has 144 valence electrons. The molecule has 0 spiro atoms. The molecule has 2 heterocycles. The van der Waals surface area contributed by atoms with Crippen LogP contribution in [0.4, 0.5) is 17.1 Å². The number of benzene rings is 2. The molecule has 0 aliphatic heterocycles.